The Bertz CT molecular complexity index is 246. The summed E-state index contributed by atoms with van der Waals surface area (Å²) in [6, 6.07) is 5.50. The molecular formula is C8H8ClNO. The molecule has 2 nitrogen and oxygen atoms in total. The molecule has 11 heavy (non-hydrogen) atoms. The second-order valence-electron chi connectivity index (χ2n) is 2.00. The molecule has 0 aliphatic rings. The molecule has 58 valence electrons. The highest BCUT2D eigenvalue weighted by atomic mass is 35.5. The zero-order valence-corrected chi connectivity index (χ0v) is 6.62. The third kappa shape index (κ3) is 2.70. The number of pyridine rings is 1. The quantitative estimate of drug-likeness (QED) is 0.731. The molecule has 0 spiro atoms. The molecule has 1 aromatic rings. The van der Waals surface area contributed by atoms with Crippen molar-refractivity contribution in [3.8, 4) is 0 Å². The fourth-order valence-electron chi connectivity index (χ4n) is 0.667. The number of aromatic nitrogens is 1. The number of halogens is 1. The van der Waals surface area contributed by atoms with E-state index in [1.54, 1.807) is 12.3 Å². The molecule has 0 fully saturated rings. The Morgan fingerprint density at radius 2 is 2.45 bits per heavy atom. The van der Waals surface area contributed by atoms with Crippen LogP contribution in [0.4, 0.5) is 0 Å². The van der Waals surface area contributed by atoms with Crippen molar-refractivity contribution in [1.82, 2.24) is 4.98 Å². The van der Waals surface area contributed by atoms with Gasteiger partial charge in [0.2, 0.25) is 0 Å². The third-order valence-electron chi connectivity index (χ3n) is 1.14. The van der Waals surface area contributed by atoms with Crippen molar-refractivity contribution in [3.63, 3.8) is 0 Å². The van der Waals surface area contributed by atoms with Gasteiger partial charge in [0, 0.05) is 11.2 Å². The van der Waals surface area contributed by atoms with Gasteiger partial charge in [0.25, 0.3) is 0 Å². The van der Waals surface area contributed by atoms with Crippen LogP contribution in [0.5, 0.6) is 0 Å². The number of aliphatic hydroxyl groups excluding tert-OH is 1. The van der Waals surface area contributed by atoms with Crippen LogP contribution in [0, 0.1) is 0 Å². The van der Waals surface area contributed by atoms with Crippen LogP contribution in [0.2, 0.25) is 0 Å². The Hall–Kier alpha value is -0.860. The number of nitrogens with zero attached hydrogens (tertiary/aromatic N) is 1. The fraction of sp³-hybridized carbons (Fsp3) is 0.125. The molecule has 1 aromatic heterocycles. The number of hydrogen-bond acceptors (Lipinski definition) is 2. The molecule has 0 saturated carbocycles. The maximum atomic E-state index is 8.57. The number of rotatable bonds is 2. The summed E-state index contributed by atoms with van der Waals surface area (Å²) in [5.41, 5.74) is 0.756. The lowest BCUT2D eigenvalue weighted by Crippen LogP contribution is -1.82. The highest BCUT2D eigenvalue weighted by Gasteiger charge is 1.89. The Balaban J connectivity index is 2.79. The van der Waals surface area contributed by atoms with Crippen LogP contribution >= 0.6 is 11.6 Å². The molecule has 0 aliphatic carbocycles. The normalized spacial score (nSPS) is 11.6. The van der Waals surface area contributed by atoms with Crippen LogP contribution in [-0.4, -0.2) is 16.7 Å². The van der Waals surface area contributed by atoms with Crippen molar-refractivity contribution in [3.05, 3.63) is 35.1 Å². The predicted octanol–water partition coefficient (Wildman–Crippen LogP) is 1.65. The summed E-state index contributed by atoms with van der Waals surface area (Å²) in [6.07, 6.45) is 3.30. The summed E-state index contributed by atoms with van der Waals surface area (Å²) in [4.78, 5) is 3.99. The lowest BCUT2D eigenvalue weighted by molar-refractivity contribution is 0.339. The Morgan fingerprint density at radius 1 is 1.64 bits per heavy atom. The maximum Gasteiger partial charge on any atom is 0.0788 e. The average Bonchev–Trinajstić information content (AvgIpc) is 2.06. The first kappa shape index (κ1) is 8.24. The van der Waals surface area contributed by atoms with E-state index in [0.717, 1.165) is 5.69 Å². The molecule has 0 saturated heterocycles. The molecule has 0 bridgehead atoms. The molecular weight excluding hydrogens is 162 g/mol. The van der Waals surface area contributed by atoms with E-state index in [2.05, 4.69) is 4.98 Å². The van der Waals surface area contributed by atoms with Gasteiger partial charge in [0.1, 0.15) is 0 Å². The Labute approximate surface area is 70.2 Å². The summed E-state index contributed by atoms with van der Waals surface area (Å²) in [5.74, 6) is 0. The SMILES string of the molecule is OC/C(Cl)=C/c1ccccn1. The van der Waals surface area contributed by atoms with Gasteiger partial charge in [-0.3, -0.25) is 4.98 Å². The van der Waals surface area contributed by atoms with Gasteiger partial charge in [-0.15, -0.1) is 0 Å². The summed E-state index contributed by atoms with van der Waals surface area (Å²) in [5, 5.41) is 8.96. The Morgan fingerprint density at radius 3 is 3.00 bits per heavy atom. The van der Waals surface area contributed by atoms with Crippen LogP contribution in [0.1, 0.15) is 5.69 Å². The first-order chi connectivity index (χ1) is 5.33. The van der Waals surface area contributed by atoms with Crippen LogP contribution in [0.25, 0.3) is 6.08 Å². The molecule has 0 radical (unpaired) electrons. The molecule has 0 aliphatic heterocycles. The minimum atomic E-state index is -0.141. The first-order valence-electron chi connectivity index (χ1n) is 3.21. The zero-order valence-electron chi connectivity index (χ0n) is 5.87. The fourth-order valence-corrected chi connectivity index (χ4v) is 0.779. The van der Waals surface area contributed by atoms with Crippen LogP contribution < -0.4 is 0 Å². The maximum absolute atomic E-state index is 8.57. The molecule has 0 aromatic carbocycles. The van der Waals surface area contributed by atoms with Crippen molar-refractivity contribution in [2.45, 2.75) is 0 Å². The summed E-state index contributed by atoms with van der Waals surface area (Å²) < 4.78 is 0. The van der Waals surface area contributed by atoms with Crippen LogP contribution in [0.15, 0.2) is 29.4 Å². The summed E-state index contributed by atoms with van der Waals surface area (Å²) in [6.45, 7) is -0.141. The topological polar surface area (TPSA) is 33.1 Å². The zero-order chi connectivity index (χ0) is 8.10. The van der Waals surface area contributed by atoms with Gasteiger partial charge >= 0.3 is 0 Å². The first-order valence-corrected chi connectivity index (χ1v) is 3.58. The molecule has 1 heterocycles. The van der Waals surface area contributed by atoms with Crippen molar-refractivity contribution in [1.29, 1.82) is 0 Å². The van der Waals surface area contributed by atoms with E-state index in [0.29, 0.717) is 5.03 Å². The number of aliphatic hydroxyl groups is 1. The third-order valence-corrected chi connectivity index (χ3v) is 1.37. The molecule has 0 amide bonds. The van der Waals surface area contributed by atoms with E-state index in [1.807, 2.05) is 18.2 Å². The highest BCUT2D eigenvalue weighted by molar-refractivity contribution is 6.31. The minimum Gasteiger partial charge on any atom is -0.391 e. The molecule has 0 atom stereocenters. The van der Waals surface area contributed by atoms with E-state index in [4.69, 9.17) is 16.7 Å². The van der Waals surface area contributed by atoms with Gasteiger partial charge in [-0.05, 0) is 18.2 Å². The summed E-state index contributed by atoms with van der Waals surface area (Å²) >= 11 is 5.57. The van der Waals surface area contributed by atoms with Gasteiger partial charge in [-0.1, -0.05) is 17.7 Å². The van der Waals surface area contributed by atoms with Gasteiger partial charge in [0.15, 0.2) is 0 Å². The predicted molar refractivity (Wildman–Crippen MR) is 45.2 cm³/mol. The van der Waals surface area contributed by atoms with Crippen molar-refractivity contribution < 1.29 is 5.11 Å². The second-order valence-corrected chi connectivity index (χ2v) is 2.49. The van der Waals surface area contributed by atoms with Gasteiger partial charge in [-0.2, -0.15) is 0 Å². The van der Waals surface area contributed by atoms with Crippen LogP contribution in [-0.2, 0) is 0 Å². The largest absolute Gasteiger partial charge is 0.391 e. The second kappa shape index (κ2) is 4.11. The number of hydrogen-bond donors (Lipinski definition) is 1. The van der Waals surface area contributed by atoms with E-state index in [-0.39, 0.29) is 6.61 Å². The van der Waals surface area contributed by atoms with Crippen LogP contribution in [0.3, 0.4) is 0 Å². The highest BCUT2D eigenvalue weighted by Crippen LogP contribution is 2.05. The van der Waals surface area contributed by atoms with Gasteiger partial charge in [-0.25, -0.2) is 0 Å². The molecule has 1 N–H and O–H groups in total. The summed E-state index contributed by atoms with van der Waals surface area (Å²) in [7, 11) is 0. The molecule has 3 heteroatoms. The van der Waals surface area contributed by atoms with E-state index in [9.17, 15) is 0 Å². The average molecular weight is 170 g/mol. The van der Waals surface area contributed by atoms with E-state index >= 15 is 0 Å². The van der Waals surface area contributed by atoms with Crippen molar-refractivity contribution in [2.75, 3.05) is 6.61 Å². The monoisotopic (exact) mass is 169 g/mol. The van der Waals surface area contributed by atoms with Crippen molar-refractivity contribution >= 4 is 17.7 Å². The lowest BCUT2D eigenvalue weighted by Gasteiger charge is -1.91. The van der Waals surface area contributed by atoms with Crippen molar-refractivity contribution in [2.24, 2.45) is 0 Å². The lowest BCUT2D eigenvalue weighted by atomic mass is 10.3. The standard InChI is InChI=1S/C8H8ClNO/c9-7(6-11)5-8-3-1-2-4-10-8/h1-5,11H,6H2/b7-5-. The molecule has 0 unspecified atom stereocenters. The van der Waals surface area contributed by atoms with E-state index in [1.165, 1.54) is 0 Å². The van der Waals surface area contributed by atoms with Gasteiger partial charge < -0.3 is 5.11 Å². The Kier molecular flexibility index (Phi) is 3.08. The van der Waals surface area contributed by atoms with E-state index < -0.39 is 0 Å². The van der Waals surface area contributed by atoms with Gasteiger partial charge in [0.05, 0.1) is 12.3 Å². The smallest absolute Gasteiger partial charge is 0.0788 e. The molecule has 1 rings (SSSR count). The minimum absolute atomic E-state index is 0.141.